The van der Waals surface area contributed by atoms with Gasteiger partial charge in [-0.2, -0.15) is 0 Å². The minimum Gasteiger partial charge on any atom is -0.456 e. The van der Waals surface area contributed by atoms with Gasteiger partial charge in [-0.15, -0.1) is 0 Å². The van der Waals surface area contributed by atoms with Gasteiger partial charge >= 0.3 is 0 Å². The molecule has 0 unspecified atom stereocenters. The second kappa shape index (κ2) is 7.30. The van der Waals surface area contributed by atoms with Crippen molar-refractivity contribution < 1.29 is 9.30 Å². The Kier molecular flexibility index (Phi) is 4.70. The molecule has 0 aromatic heterocycles. The summed E-state index contributed by atoms with van der Waals surface area (Å²) >= 11 is 0. The van der Waals surface area contributed by atoms with Crippen LogP contribution in [0.3, 0.4) is 0 Å². The zero-order valence-electron chi connectivity index (χ0n) is 15.0. The maximum Gasteiger partial charge on any atom is 0.220 e. The Morgan fingerprint density at radius 3 is 1.67 bits per heavy atom. The van der Waals surface area contributed by atoms with Crippen LogP contribution in [0.1, 0.15) is 16.7 Å². The second-order valence-electron chi connectivity index (χ2n) is 6.51. The van der Waals surface area contributed by atoms with Crippen molar-refractivity contribution in [3.05, 3.63) is 113 Å². The average Bonchev–Trinajstić information content (AvgIpc) is 2.70. The van der Waals surface area contributed by atoms with Gasteiger partial charge in [-0.1, -0.05) is 78.4 Å². The van der Waals surface area contributed by atoms with Crippen LogP contribution < -0.4 is 5.09 Å². The lowest BCUT2D eigenvalue weighted by Gasteiger charge is -2.24. The van der Waals surface area contributed by atoms with Gasteiger partial charge in [-0.05, 0) is 19.1 Å². The van der Waals surface area contributed by atoms with Gasteiger partial charge in [0.05, 0.1) is 0 Å². The summed E-state index contributed by atoms with van der Waals surface area (Å²) in [5.74, 6) is 4.60. The molecule has 1 aliphatic heterocycles. The Morgan fingerprint density at radius 2 is 1.19 bits per heavy atom. The van der Waals surface area contributed by atoms with Gasteiger partial charge in [-0.25, -0.2) is 0 Å². The molecule has 134 valence electrons. The fraction of sp³-hybridized carbons (Fsp3) is 0.0435. The summed E-state index contributed by atoms with van der Waals surface area (Å²) in [5, 5.41) is 3.21. The smallest absolute Gasteiger partial charge is 0.220 e. The maximum atomic E-state index is 13.7. The molecule has 0 aliphatic carbocycles. The van der Waals surface area contributed by atoms with E-state index in [1.54, 1.807) is 11.6 Å². The molecule has 1 aliphatic rings. The van der Waals surface area contributed by atoms with Crippen molar-refractivity contribution in [3.8, 4) is 0 Å². The van der Waals surface area contributed by atoms with E-state index >= 15 is 0 Å². The molecule has 0 saturated heterocycles. The fourth-order valence-electron chi connectivity index (χ4n) is 2.92. The van der Waals surface area contributed by atoms with E-state index in [1.807, 2.05) is 91.9 Å². The van der Waals surface area contributed by atoms with Crippen molar-refractivity contribution in [2.45, 2.75) is 6.92 Å². The van der Waals surface area contributed by atoms with E-state index in [-0.39, 0.29) is 0 Å². The van der Waals surface area contributed by atoms with Crippen LogP contribution in [0, 0.1) is 6.92 Å². The molecule has 0 saturated carbocycles. The molecule has 4 rings (SSSR count). The number of rotatable bonds is 4. The molecule has 1 N–H and O–H groups in total. The van der Waals surface area contributed by atoms with Crippen molar-refractivity contribution in [1.82, 2.24) is 0 Å². The van der Waals surface area contributed by atoms with E-state index < -0.39 is 7.29 Å². The molecule has 1 heterocycles. The molecular formula is C23H20NO2P. The highest BCUT2D eigenvalue weighted by Crippen LogP contribution is 2.56. The quantitative estimate of drug-likeness (QED) is 0.516. The molecule has 0 amide bonds. The summed E-state index contributed by atoms with van der Waals surface area (Å²) < 4.78 is 19.8. The van der Waals surface area contributed by atoms with Crippen LogP contribution in [0.2, 0.25) is 0 Å². The van der Waals surface area contributed by atoms with Crippen molar-refractivity contribution >= 4 is 24.5 Å². The van der Waals surface area contributed by atoms with E-state index in [2.05, 4.69) is 5.09 Å². The Bertz CT molecular complexity index is 979. The van der Waals surface area contributed by atoms with Crippen LogP contribution in [0.5, 0.6) is 0 Å². The van der Waals surface area contributed by atoms with Gasteiger partial charge in [0.2, 0.25) is 7.29 Å². The Hall–Kier alpha value is -3.03. The number of anilines is 1. The zero-order chi connectivity index (χ0) is 18.7. The Balaban J connectivity index is 1.76. The van der Waals surface area contributed by atoms with Crippen molar-refractivity contribution in [2.75, 3.05) is 5.09 Å². The van der Waals surface area contributed by atoms with Crippen molar-refractivity contribution in [3.63, 3.8) is 0 Å². The van der Waals surface area contributed by atoms with E-state index in [0.717, 1.165) is 22.4 Å². The molecule has 3 aromatic carbocycles. The standard InChI is InChI=1S/C23H20NO2P/c1-18-12-14-21(15-13-18)24-27(25)16-22(19-8-4-2-5-9-19)26-23(17-27)20-10-6-3-7-11-20/h2-17H,1H3,(H,24,25). The first-order chi connectivity index (χ1) is 13.1. The molecule has 0 atom stereocenters. The SMILES string of the molecule is Cc1ccc(NP2(=O)C=C(c3ccccc3)OC(c3ccccc3)=C2)cc1. The molecule has 0 spiro atoms. The zero-order valence-corrected chi connectivity index (χ0v) is 15.9. The average molecular weight is 373 g/mol. The molecule has 3 aromatic rings. The largest absolute Gasteiger partial charge is 0.456 e. The molecule has 0 bridgehead atoms. The van der Waals surface area contributed by atoms with Crippen LogP contribution in [-0.4, -0.2) is 0 Å². The summed E-state index contributed by atoms with van der Waals surface area (Å²) in [6.07, 6.45) is 0. The van der Waals surface area contributed by atoms with Gasteiger partial charge in [0.15, 0.2) is 0 Å². The number of nitrogens with one attached hydrogen (secondary N) is 1. The fourth-order valence-corrected chi connectivity index (χ4v) is 4.78. The second-order valence-corrected chi connectivity index (χ2v) is 8.67. The summed E-state index contributed by atoms with van der Waals surface area (Å²) in [4.78, 5) is 0. The summed E-state index contributed by atoms with van der Waals surface area (Å²) in [7, 11) is -2.99. The normalized spacial score (nSPS) is 15.3. The van der Waals surface area contributed by atoms with E-state index in [4.69, 9.17) is 4.74 Å². The van der Waals surface area contributed by atoms with Crippen molar-refractivity contribution in [1.29, 1.82) is 0 Å². The van der Waals surface area contributed by atoms with Crippen LogP contribution in [0.25, 0.3) is 11.5 Å². The van der Waals surface area contributed by atoms with Crippen LogP contribution in [0.15, 0.2) is 96.6 Å². The van der Waals surface area contributed by atoms with E-state index in [1.165, 1.54) is 0 Å². The Morgan fingerprint density at radius 1 is 0.704 bits per heavy atom. The number of aryl methyl sites for hydroxylation is 1. The van der Waals surface area contributed by atoms with Crippen LogP contribution in [0.4, 0.5) is 5.69 Å². The Labute approximate surface area is 159 Å². The number of benzene rings is 3. The topological polar surface area (TPSA) is 38.3 Å². The molecule has 3 nitrogen and oxygen atoms in total. The van der Waals surface area contributed by atoms with Gasteiger partial charge in [0.1, 0.15) is 11.5 Å². The first-order valence-corrected chi connectivity index (χ1v) is 10.6. The van der Waals surface area contributed by atoms with Crippen LogP contribution >= 0.6 is 7.29 Å². The minimum atomic E-state index is -2.99. The highest BCUT2D eigenvalue weighted by molar-refractivity contribution is 7.72. The predicted octanol–water partition coefficient (Wildman–Crippen LogP) is 6.71. The summed E-state index contributed by atoms with van der Waals surface area (Å²) in [6.45, 7) is 2.03. The van der Waals surface area contributed by atoms with E-state index in [0.29, 0.717) is 11.5 Å². The van der Waals surface area contributed by atoms with Crippen LogP contribution in [-0.2, 0) is 9.30 Å². The van der Waals surface area contributed by atoms with E-state index in [9.17, 15) is 4.57 Å². The summed E-state index contributed by atoms with van der Waals surface area (Å²) in [6, 6.07) is 27.4. The molecule has 4 heteroatoms. The molecular weight excluding hydrogens is 353 g/mol. The number of hydrogen-bond acceptors (Lipinski definition) is 2. The minimum absolute atomic E-state index is 0.597. The highest BCUT2D eigenvalue weighted by Gasteiger charge is 2.26. The predicted molar refractivity (Wildman–Crippen MR) is 112 cm³/mol. The van der Waals surface area contributed by atoms with Gasteiger partial charge < -0.3 is 9.82 Å². The third kappa shape index (κ3) is 4.05. The molecule has 0 fully saturated rings. The monoisotopic (exact) mass is 373 g/mol. The highest BCUT2D eigenvalue weighted by atomic mass is 31.2. The molecule has 0 radical (unpaired) electrons. The summed E-state index contributed by atoms with van der Waals surface area (Å²) in [5.41, 5.74) is 3.76. The van der Waals surface area contributed by atoms with Gasteiger partial charge in [0.25, 0.3) is 0 Å². The molecule has 27 heavy (non-hydrogen) atoms. The maximum absolute atomic E-state index is 13.7. The third-order valence-electron chi connectivity index (χ3n) is 4.31. The lowest BCUT2D eigenvalue weighted by molar-refractivity contribution is 0.469. The third-order valence-corrected chi connectivity index (χ3v) is 6.15. The van der Waals surface area contributed by atoms with Gasteiger partial charge in [0, 0.05) is 28.4 Å². The first-order valence-electron chi connectivity index (χ1n) is 8.80. The first kappa shape index (κ1) is 17.4. The van der Waals surface area contributed by atoms with Crippen molar-refractivity contribution in [2.24, 2.45) is 0 Å². The number of hydrogen-bond donors (Lipinski definition) is 1. The van der Waals surface area contributed by atoms with Gasteiger partial charge in [-0.3, -0.25) is 4.57 Å². The number of ether oxygens (including phenoxy) is 1. The lowest BCUT2D eigenvalue weighted by atomic mass is 10.2. The lowest BCUT2D eigenvalue weighted by Crippen LogP contribution is -2.03.